The predicted octanol–water partition coefficient (Wildman–Crippen LogP) is 1.52. The van der Waals surface area contributed by atoms with Crippen LogP contribution in [0.2, 0.25) is 0 Å². The molecule has 1 aromatic rings. The highest BCUT2D eigenvalue weighted by molar-refractivity contribution is 5.97. The molecule has 3 rings (SSSR count). The number of aromatic nitrogens is 1. The van der Waals surface area contributed by atoms with Crippen LogP contribution in [-0.4, -0.2) is 16.7 Å². The van der Waals surface area contributed by atoms with Crippen molar-refractivity contribution in [2.45, 2.75) is 18.8 Å². The number of carbonyl (C=O) groups excluding carboxylic acids is 2. The number of ketones is 1. The summed E-state index contributed by atoms with van der Waals surface area (Å²) < 4.78 is 0. The molecule has 4 heteroatoms. The van der Waals surface area contributed by atoms with Gasteiger partial charge in [0.15, 0.2) is 5.78 Å². The van der Waals surface area contributed by atoms with Crippen LogP contribution in [0.25, 0.3) is 0 Å². The number of rotatable bonds is 3. The molecule has 19 heavy (non-hydrogen) atoms. The summed E-state index contributed by atoms with van der Waals surface area (Å²) in [6, 6.07) is 3.57. The predicted molar refractivity (Wildman–Crippen MR) is 68.7 cm³/mol. The van der Waals surface area contributed by atoms with Gasteiger partial charge in [-0.2, -0.15) is 0 Å². The number of nitrogens with zero attached hydrogens (tertiary/aromatic N) is 1. The SMILES string of the molecule is O=C(NC1=CC=[C]C(=O)C1c1ccncc1)C1CC1. The van der Waals surface area contributed by atoms with E-state index in [0.29, 0.717) is 5.70 Å². The summed E-state index contributed by atoms with van der Waals surface area (Å²) in [6.45, 7) is 0. The standard InChI is InChI=1S/C15H13N2O2/c18-13-3-1-2-12(17-15(19)11-4-5-11)14(13)10-6-8-16-9-7-10/h1-2,6-9,11,14H,4-5H2,(H,17,19). The number of Topliss-reactive ketones (excluding diaryl/α,β-unsaturated/α-hetero) is 1. The van der Waals surface area contributed by atoms with Crippen LogP contribution in [0.3, 0.4) is 0 Å². The van der Waals surface area contributed by atoms with Gasteiger partial charge < -0.3 is 5.32 Å². The van der Waals surface area contributed by atoms with E-state index in [9.17, 15) is 9.59 Å². The summed E-state index contributed by atoms with van der Waals surface area (Å²) in [5.41, 5.74) is 1.45. The molecule has 1 amide bonds. The Morgan fingerprint density at radius 1 is 1.32 bits per heavy atom. The van der Waals surface area contributed by atoms with Gasteiger partial charge in [-0.1, -0.05) is 0 Å². The van der Waals surface area contributed by atoms with Crippen LogP contribution in [0.5, 0.6) is 0 Å². The molecule has 0 spiro atoms. The van der Waals surface area contributed by atoms with E-state index in [2.05, 4.69) is 16.4 Å². The number of pyridine rings is 1. The van der Waals surface area contributed by atoms with Crippen molar-refractivity contribution in [2.24, 2.45) is 5.92 Å². The summed E-state index contributed by atoms with van der Waals surface area (Å²) in [7, 11) is 0. The zero-order valence-electron chi connectivity index (χ0n) is 10.3. The molecular weight excluding hydrogens is 240 g/mol. The first-order valence-corrected chi connectivity index (χ1v) is 6.30. The van der Waals surface area contributed by atoms with Crippen LogP contribution in [0.1, 0.15) is 24.3 Å². The monoisotopic (exact) mass is 253 g/mol. The minimum atomic E-state index is -0.476. The van der Waals surface area contributed by atoms with E-state index in [1.807, 2.05) is 0 Å². The van der Waals surface area contributed by atoms with Crippen molar-refractivity contribution < 1.29 is 9.59 Å². The lowest BCUT2D eigenvalue weighted by molar-refractivity contribution is -0.121. The van der Waals surface area contributed by atoms with Gasteiger partial charge in [-0.15, -0.1) is 0 Å². The van der Waals surface area contributed by atoms with Gasteiger partial charge in [-0.3, -0.25) is 14.6 Å². The molecule has 95 valence electrons. The second-order valence-electron chi connectivity index (χ2n) is 4.77. The fourth-order valence-electron chi connectivity index (χ4n) is 2.12. The molecule has 1 atom stereocenters. The summed E-state index contributed by atoms with van der Waals surface area (Å²) >= 11 is 0. The summed E-state index contributed by atoms with van der Waals surface area (Å²) in [6.07, 6.45) is 11.1. The van der Waals surface area contributed by atoms with Crippen molar-refractivity contribution >= 4 is 11.7 Å². The highest BCUT2D eigenvalue weighted by atomic mass is 16.2. The normalized spacial score (nSPS) is 22.0. The lowest BCUT2D eigenvalue weighted by atomic mass is 9.88. The molecule has 1 heterocycles. The van der Waals surface area contributed by atoms with Crippen molar-refractivity contribution in [2.75, 3.05) is 0 Å². The third-order valence-electron chi connectivity index (χ3n) is 3.32. The average Bonchev–Trinajstić information content (AvgIpc) is 3.24. The first-order chi connectivity index (χ1) is 9.25. The van der Waals surface area contributed by atoms with Gasteiger partial charge in [0.25, 0.3) is 0 Å². The second kappa shape index (κ2) is 4.80. The van der Waals surface area contributed by atoms with E-state index in [-0.39, 0.29) is 17.6 Å². The first kappa shape index (κ1) is 11.8. The lowest BCUT2D eigenvalue weighted by Crippen LogP contribution is -2.31. The number of hydrogen-bond donors (Lipinski definition) is 1. The quantitative estimate of drug-likeness (QED) is 0.888. The molecule has 2 aliphatic rings. The zero-order valence-corrected chi connectivity index (χ0v) is 10.3. The number of allylic oxidation sites excluding steroid dienone is 4. The highest BCUT2D eigenvalue weighted by Crippen LogP contribution is 2.31. The summed E-state index contributed by atoms with van der Waals surface area (Å²) in [5.74, 6) is -0.493. The van der Waals surface area contributed by atoms with Crippen molar-refractivity contribution in [3.05, 3.63) is 54.0 Å². The first-order valence-electron chi connectivity index (χ1n) is 6.30. The number of amides is 1. The molecule has 4 nitrogen and oxygen atoms in total. The Balaban J connectivity index is 1.86. The van der Waals surface area contributed by atoms with E-state index >= 15 is 0 Å². The maximum atomic E-state index is 12.0. The number of carbonyl (C=O) groups is 2. The van der Waals surface area contributed by atoms with Gasteiger partial charge in [0.05, 0.1) is 5.92 Å². The Hall–Kier alpha value is -2.23. The van der Waals surface area contributed by atoms with E-state index in [0.717, 1.165) is 18.4 Å². The molecule has 0 aliphatic heterocycles. The Morgan fingerprint density at radius 2 is 2.05 bits per heavy atom. The van der Waals surface area contributed by atoms with Crippen molar-refractivity contribution in [3.63, 3.8) is 0 Å². The maximum absolute atomic E-state index is 12.0. The van der Waals surface area contributed by atoms with Crippen LogP contribution >= 0.6 is 0 Å². The van der Waals surface area contributed by atoms with E-state index in [1.165, 1.54) is 0 Å². The van der Waals surface area contributed by atoms with Gasteiger partial charge >= 0.3 is 0 Å². The maximum Gasteiger partial charge on any atom is 0.227 e. The third kappa shape index (κ3) is 2.47. The molecule has 1 unspecified atom stereocenters. The summed E-state index contributed by atoms with van der Waals surface area (Å²) in [5, 5.41) is 2.87. The minimum absolute atomic E-state index is 0.00778. The zero-order chi connectivity index (χ0) is 13.2. The largest absolute Gasteiger partial charge is 0.328 e. The molecule has 1 aromatic heterocycles. The second-order valence-corrected chi connectivity index (χ2v) is 4.77. The van der Waals surface area contributed by atoms with Gasteiger partial charge in [0, 0.05) is 30.1 Å². The average molecular weight is 253 g/mol. The fraction of sp³-hybridized carbons (Fsp3) is 0.267. The smallest absolute Gasteiger partial charge is 0.227 e. The van der Waals surface area contributed by atoms with E-state index < -0.39 is 5.92 Å². The topological polar surface area (TPSA) is 59.1 Å². The number of nitrogens with one attached hydrogen (secondary N) is 1. The van der Waals surface area contributed by atoms with Crippen molar-refractivity contribution in [3.8, 4) is 0 Å². The molecule has 0 bridgehead atoms. The van der Waals surface area contributed by atoms with Crippen LogP contribution < -0.4 is 5.32 Å². The molecule has 1 saturated carbocycles. The molecule has 0 aromatic carbocycles. The van der Waals surface area contributed by atoms with Gasteiger partial charge in [0.2, 0.25) is 5.91 Å². The van der Waals surface area contributed by atoms with Crippen LogP contribution in [0, 0.1) is 12.0 Å². The molecular formula is C15H13N2O2. The van der Waals surface area contributed by atoms with Crippen molar-refractivity contribution in [1.82, 2.24) is 10.3 Å². The molecule has 2 aliphatic carbocycles. The summed E-state index contributed by atoms with van der Waals surface area (Å²) in [4.78, 5) is 27.8. The molecule has 1 fully saturated rings. The molecule has 1 radical (unpaired) electrons. The molecule has 0 saturated heterocycles. The number of hydrogen-bond acceptors (Lipinski definition) is 3. The van der Waals surface area contributed by atoms with Crippen molar-refractivity contribution in [1.29, 1.82) is 0 Å². The fourth-order valence-corrected chi connectivity index (χ4v) is 2.12. The highest BCUT2D eigenvalue weighted by Gasteiger charge is 2.33. The van der Waals surface area contributed by atoms with E-state index in [4.69, 9.17) is 0 Å². The van der Waals surface area contributed by atoms with Crippen LogP contribution in [-0.2, 0) is 9.59 Å². The lowest BCUT2D eigenvalue weighted by Gasteiger charge is -2.21. The molecule has 1 N–H and O–H groups in total. The Labute approximate surface area is 111 Å². The third-order valence-corrected chi connectivity index (χ3v) is 3.32. The Bertz CT molecular complexity index is 571. The Kier molecular flexibility index (Phi) is 2.99. The van der Waals surface area contributed by atoms with Crippen LogP contribution in [0.4, 0.5) is 0 Å². The Morgan fingerprint density at radius 3 is 2.74 bits per heavy atom. The van der Waals surface area contributed by atoms with Gasteiger partial charge in [-0.25, -0.2) is 0 Å². The van der Waals surface area contributed by atoms with E-state index in [1.54, 1.807) is 36.7 Å². The van der Waals surface area contributed by atoms with Crippen LogP contribution in [0.15, 0.2) is 42.4 Å². The minimum Gasteiger partial charge on any atom is -0.328 e. The van der Waals surface area contributed by atoms with Gasteiger partial charge in [-0.05, 0) is 42.7 Å². The van der Waals surface area contributed by atoms with Gasteiger partial charge in [0.1, 0.15) is 0 Å².